The number of carbonyl (C=O) groups is 1. The first kappa shape index (κ1) is 14.2. The van der Waals surface area contributed by atoms with Gasteiger partial charge in [-0.3, -0.25) is 0 Å². The van der Waals surface area contributed by atoms with Gasteiger partial charge in [0.25, 0.3) is 0 Å². The minimum absolute atomic E-state index is 0.00944. The zero-order valence-electron chi connectivity index (χ0n) is 9.63. The van der Waals surface area contributed by atoms with Crippen LogP contribution in [0.1, 0.15) is 6.42 Å². The number of aliphatic hydroxyl groups is 1. The molecule has 4 N–H and O–H groups in total. The second-order valence-electron chi connectivity index (χ2n) is 3.52. The average molecular weight is 301 g/mol. The van der Waals surface area contributed by atoms with Crippen molar-refractivity contribution < 1.29 is 9.90 Å². The molecule has 5 heteroatoms. The monoisotopic (exact) mass is 302 g/mol. The molecule has 0 aliphatic heterocycles. The molecule has 1 amide bonds. The molecule has 17 heavy (non-hydrogen) atoms. The van der Waals surface area contributed by atoms with E-state index in [-0.39, 0.29) is 32.3 Å². The Balaban J connectivity index is 2.45. The molecule has 0 bridgehead atoms. The summed E-state index contributed by atoms with van der Waals surface area (Å²) in [6, 6.07) is 9.92. The molecule has 0 heterocycles. The summed E-state index contributed by atoms with van der Waals surface area (Å²) in [6.45, 7) is 0.966. The van der Waals surface area contributed by atoms with Crippen LogP contribution in [0.5, 0.6) is 0 Å². The van der Waals surface area contributed by atoms with Crippen LogP contribution in [-0.4, -0.2) is 45.7 Å². The molecular weight excluding hydrogens is 283 g/mol. The Kier molecular flexibility index (Phi) is 6.89. The first-order valence-electron chi connectivity index (χ1n) is 5.58. The number of rotatable bonds is 7. The van der Waals surface area contributed by atoms with E-state index in [1.165, 1.54) is 4.46 Å². The second kappa shape index (κ2) is 8.25. The van der Waals surface area contributed by atoms with E-state index in [1.54, 1.807) is 0 Å². The van der Waals surface area contributed by atoms with E-state index in [1.807, 2.05) is 30.3 Å². The van der Waals surface area contributed by atoms with Gasteiger partial charge in [-0.1, -0.05) is 0 Å². The van der Waals surface area contributed by atoms with Crippen molar-refractivity contribution in [1.82, 2.24) is 5.32 Å². The first-order chi connectivity index (χ1) is 8.27. The molecular formula is C12H18N2O2Se. The summed E-state index contributed by atoms with van der Waals surface area (Å²) in [4.78, 5) is 11.7. The molecule has 1 aromatic rings. The van der Waals surface area contributed by atoms with Gasteiger partial charge in [0.2, 0.25) is 0 Å². The van der Waals surface area contributed by atoms with Crippen molar-refractivity contribution >= 4 is 25.3 Å². The van der Waals surface area contributed by atoms with Crippen LogP contribution < -0.4 is 15.5 Å². The van der Waals surface area contributed by atoms with E-state index in [0.717, 1.165) is 0 Å². The molecule has 1 rings (SSSR count). The molecule has 94 valence electrons. The first-order valence-corrected chi connectivity index (χ1v) is 7.43. The zero-order chi connectivity index (χ0) is 12.5. The summed E-state index contributed by atoms with van der Waals surface area (Å²) in [5.41, 5.74) is 5.63. The van der Waals surface area contributed by atoms with E-state index in [0.29, 0.717) is 19.5 Å². The van der Waals surface area contributed by atoms with Gasteiger partial charge in [-0.15, -0.1) is 0 Å². The number of hydrogen-bond donors (Lipinski definition) is 3. The topological polar surface area (TPSA) is 75.4 Å². The predicted molar refractivity (Wildman–Crippen MR) is 69.3 cm³/mol. The van der Waals surface area contributed by atoms with E-state index in [9.17, 15) is 4.79 Å². The molecule has 0 aliphatic carbocycles. The van der Waals surface area contributed by atoms with Crippen LogP contribution in [0, 0.1) is 0 Å². The van der Waals surface area contributed by atoms with E-state index < -0.39 is 0 Å². The summed E-state index contributed by atoms with van der Waals surface area (Å²) in [6.07, 6.45) is 0.585. The van der Waals surface area contributed by atoms with E-state index in [4.69, 9.17) is 10.8 Å². The Morgan fingerprint density at radius 3 is 2.71 bits per heavy atom. The summed E-state index contributed by atoms with van der Waals surface area (Å²) in [5, 5.41) is 11.4. The Morgan fingerprint density at radius 2 is 2.12 bits per heavy atom. The number of amides is 1. The van der Waals surface area contributed by atoms with Gasteiger partial charge in [-0.05, 0) is 0 Å². The van der Waals surface area contributed by atoms with Crippen LogP contribution in [0.2, 0.25) is 4.82 Å². The van der Waals surface area contributed by atoms with Gasteiger partial charge in [0.15, 0.2) is 0 Å². The Bertz CT molecular complexity index is 333. The van der Waals surface area contributed by atoms with Crippen LogP contribution in [0.4, 0.5) is 0 Å². The van der Waals surface area contributed by atoms with Gasteiger partial charge < -0.3 is 0 Å². The fourth-order valence-electron chi connectivity index (χ4n) is 1.28. The number of nitrogens with one attached hydrogen (secondary N) is 1. The quantitative estimate of drug-likeness (QED) is 0.459. The van der Waals surface area contributed by atoms with Crippen LogP contribution in [0.25, 0.3) is 0 Å². The van der Waals surface area contributed by atoms with Crippen molar-refractivity contribution in [3.8, 4) is 0 Å². The molecule has 0 saturated heterocycles. The third-order valence-corrected chi connectivity index (χ3v) is 4.75. The average Bonchev–Trinajstić information content (AvgIpc) is 2.37. The molecule has 0 radical (unpaired) electrons. The van der Waals surface area contributed by atoms with Crippen LogP contribution in [-0.2, 0) is 4.79 Å². The molecule has 1 atom stereocenters. The van der Waals surface area contributed by atoms with E-state index >= 15 is 0 Å². The van der Waals surface area contributed by atoms with Crippen molar-refractivity contribution in [2.24, 2.45) is 5.73 Å². The molecule has 0 saturated carbocycles. The Hall–Kier alpha value is -0.871. The van der Waals surface area contributed by atoms with Gasteiger partial charge in [-0.25, -0.2) is 0 Å². The van der Waals surface area contributed by atoms with Gasteiger partial charge in [0, 0.05) is 0 Å². The normalized spacial score (nSPS) is 12.1. The molecule has 0 fully saturated rings. The maximum atomic E-state index is 11.8. The molecule has 4 nitrogen and oxygen atoms in total. The summed E-state index contributed by atoms with van der Waals surface area (Å²) in [7, 11) is 0. The fraction of sp³-hybridized carbons (Fsp3) is 0.417. The zero-order valence-corrected chi connectivity index (χ0v) is 11.3. The predicted octanol–water partition coefficient (Wildman–Crippen LogP) is -0.738. The van der Waals surface area contributed by atoms with Crippen molar-refractivity contribution in [1.29, 1.82) is 0 Å². The fourth-order valence-corrected chi connectivity index (χ4v) is 3.23. The van der Waals surface area contributed by atoms with Crippen molar-refractivity contribution in [2.45, 2.75) is 11.2 Å². The van der Waals surface area contributed by atoms with Crippen molar-refractivity contribution in [3.05, 3.63) is 30.3 Å². The minimum atomic E-state index is -0.136. The SMILES string of the molecule is NCC([Se]c1ccccc1)C(=O)NCCCO. The van der Waals surface area contributed by atoms with Gasteiger partial charge >= 0.3 is 108 Å². The van der Waals surface area contributed by atoms with E-state index in [2.05, 4.69) is 5.32 Å². The van der Waals surface area contributed by atoms with Crippen molar-refractivity contribution in [2.75, 3.05) is 19.7 Å². The van der Waals surface area contributed by atoms with Crippen LogP contribution in [0.3, 0.4) is 0 Å². The van der Waals surface area contributed by atoms with Crippen LogP contribution in [0.15, 0.2) is 30.3 Å². The molecule has 1 aromatic carbocycles. The number of aliphatic hydroxyl groups excluding tert-OH is 1. The van der Waals surface area contributed by atoms with Gasteiger partial charge in [-0.2, -0.15) is 0 Å². The Labute approximate surface area is 108 Å². The van der Waals surface area contributed by atoms with Gasteiger partial charge in [0.05, 0.1) is 0 Å². The molecule has 0 spiro atoms. The summed E-state index contributed by atoms with van der Waals surface area (Å²) >= 11 is 0.0549. The number of nitrogens with two attached hydrogens (primary N) is 1. The number of carbonyl (C=O) groups excluding carboxylic acids is 1. The number of hydrogen-bond acceptors (Lipinski definition) is 3. The maximum absolute atomic E-state index is 11.8. The van der Waals surface area contributed by atoms with Crippen molar-refractivity contribution in [3.63, 3.8) is 0 Å². The number of benzene rings is 1. The summed E-state index contributed by atoms with van der Waals surface area (Å²) < 4.78 is 1.17. The standard InChI is InChI=1S/C12H18N2O2Se/c13-9-11(12(16)14-7-4-8-15)17-10-5-2-1-3-6-10/h1-3,5-6,11,15H,4,7-9,13H2,(H,14,16). The molecule has 0 aromatic heterocycles. The molecule has 1 unspecified atom stereocenters. The van der Waals surface area contributed by atoms with Crippen LogP contribution >= 0.6 is 0 Å². The molecule has 0 aliphatic rings. The third kappa shape index (κ3) is 5.33. The van der Waals surface area contributed by atoms with Gasteiger partial charge in [0.1, 0.15) is 0 Å². The third-order valence-electron chi connectivity index (χ3n) is 2.16. The summed E-state index contributed by atoms with van der Waals surface area (Å²) in [5.74, 6) is -0.00944. The second-order valence-corrected chi connectivity index (χ2v) is 6.20. The Morgan fingerprint density at radius 1 is 1.41 bits per heavy atom.